The molecule has 11 nitrogen and oxygen atoms in total. The van der Waals surface area contributed by atoms with Crippen molar-refractivity contribution < 1.29 is 9.13 Å². The SMILES string of the molecule is CCOc1cn(Cc2ncc(-c3ccc(N)nc3F)[nH]2)c(=O)cc1-c1cc(Cl)ccc1-n1cnnn1. The van der Waals surface area contributed by atoms with E-state index in [4.69, 9.17) is 22.1 Å². The number of nitrogens with one attached hydrogen (secondary N) is 1. The van der Waals surface area contributed by atoms with Gasteiger partial charge in [0.25, 0.3) is 5.56 Å². The predicted octanol–water partition coefficient (Wildman–Crippen LogP) is 3.10. The molecule has 182 valence electrons. The zero-order chi connectivity index (χ0) is 25.2. The first-order valence-electron chi connectivity index (χ1n) is 10.8. The number of hydrogen-bond donors (Lipinski definition) is 2. The van der Waals surface area contributed by atoms with E-state index in [1.165, 1.54) is 40.0 Å². The van der Waals surface area contributed by atoms with Crippen molar-refractivity contribution >= 4 is 17.4 Å². The number of ether oxygens (including phenoxy) is 1. The highest BCUT2D eigenvalue weighted by atomic mass is 35.5. The second kappa shape index (κ2) is 9.58. The third-order valence-electron chi connectivity index (χ3n) is 5.34. The molecule has 13 heteroatoms. The van der Waals surface area contributed by atoms with Crippen LogP contribution in [0, 0.1) is 5.95 Å². The van der Waals surface area contributed by atoms with Gasteiger partial charge in [-0.05, 0) is 47.7 Å². The maximum Gasteiger partial charge on any atom is 0.251 e. The van der Waals surface area contributed by atoms with E-state index in [9.17, 15) is 9.18 Å². The number of pyridine rings is 2. The molecule has 0 aliphatic carbocycles. The van der Waals surface area contributed by atoms with Crippen molar-refractivity contribution in [2.24, 2.45) is 0 Å². The number of aromatic amines is 1. The highest BCUT2D eigenvalue weighted by molar-refractivity contribution is 6.31. The second-order valence-electron chi connectivity index (χ2n) is 7.68. The van der Waals surface area contributed by atoms with Gasteiger partial charge in [-0.3, -0.25) is 4.79 Å². The number of benzene rings is 1. The van der Waals surface area contributed by atoms with Crippen LogP contribution in [0.5, 0.6) is 5.75 Å². The minimum absolute atomic E-state index is 0.0778. The number of imidazole rings is 1. The van der Waals surface area contributed by atoms with E-state index in [0.717, 1.165) is 0 Å². The van der Waals surface area contributed by atoms with E-state index >= 15 is 0 Å². The summed E-state index contributed by atoms with van der Waals surface area (Å²) in [7, 11) is 0. The van der Waals surface area contributed by atoms with Crippen molar-refractivity contribution in [1.29, 1.82) is 0 Å². The molecule has 4 aromatic heterocycles. The van der Waals surface area contributed by atoms with E-state index in [1.54, 1.807) is 24.4 Å². The third kappa shape index (κ3) is 4.53. The number of rotatable bonds is 7. The molecular formula is C23H19ClFN9O2. The zero-order valence-electron chi connectivity index (χ0n) is 18.9. The van der Waals surface area contributed by atoms with E-state index < -0.39 is 5.95 Å². The topological polar surface area (TPSA) is 142 Å². The first kappa shape index (κ1) is 23.2. The maximum atomic E-state index is 14.2. The van der Waals surface area contributed by atoms with Crippen LogP contribution in [0.15, 0.2) is 59.9 Å². The molecule has 0 atom stereocenters. The van der Waals surface area contributed by atoms with E-state index in [1.807, 2.05) is 6.92 Å². The molecule has 1 aromatic carbocycles. The fourth-order valence-corrected chi connectivity index (χ4v) is 3.91. The fraction of sp³-hybridized carbons (Fsp3) is 0.130. The lowest BCUT2D eigenvalue weighted by molar-refractivity contribution is 0.337. The van der Waals surface area contributed by atoms with Crippen LogP contribution in [0.1, 0.15) is 12.7 Å². The molecule has 0 fully saturated rings. The molecular weight excluding hydrogens is 489 g/mol. The Hall–Kier alpha value is -4.58. The number of hydrogen-bond acceptors (Lipinski definition) is 8. The van der Waals surface area contributed by atoms with Gasteiger partial charge in [0.1, 0.15) is 23.7 Å². The quantitative estimate of drug-likeness (QED) is 0.320. The summed E-state index contributed by atoms with van der Waals surface area (Å²) in [6.07, 6.45) is 4.51. The van der Waals surface area contributed by atoms with Gasteiger partial charge in [0.05, 0.1) is 42.5 Å². The van der Waals surface area contributed by atoms with E-state index in [-0.39, 0.29) is 23.5 Å². The first-order chi connectivity index (χ1) is 17.4. The molecule has 0 aliphatic rings. The number of halogens is 2. The Kier molecular flexibility index (Phi) is 6.17. The minimum atomic E-state index is -0.717. The molecule has 5 rings (SSSR count). The van der Waals surface area contributed by atoms with Crippen LogP contribution in [0.4, 0.5) is 10.2 Å². The molecule has 0 radical (unpaired) electrons. The summed E-state index contributed by atoms with van der Waals surface area (Å²) in [4.78, 5) is 24.1. The Labute approximate surface area is 208 Å². The molecule has 0 unspecified atom stereocenters. The summed E-state index contributed by atoms with van der Waals surface area (Å²) in [5, 5.41) is 11.8. The monoisotopic (exact) mass is 507 g/mol. The fourth-order valence-electron chi connectivity index (χ4n) is 3.74. The van der Waals surface area contributed by atoms with Crippen LogP contribution < -0.4 is 16.0 Å². The van der Waals surface area contributed by atoms with Crippen molar-refractivity contribution in [2.75, 3.05) is 12.3 Å². The molecule has 5 aromatic rings. The summed E-state index contributed by atoms with van der Waals surface area (Å²) >= 11 is 6.27. The number of anilines is 1. The number of aromatic nitrogens is 8. The van der Waals surface area contributed by atoms with Crippen molar-refractivity contribution in [1.82, 2.24) is 39.7 Å². The Bertz CT molecular complexity index is 1600. The van der Waals surface area contributed by atoms with Gasteiger partial charge in [0.2, 0.25) is 5.95 Å². The average Bonchev–Trinajstić information content (AvgIpc) is 3.54. The summed E-state index contributed by atoms with van der Waals surface area (Å²) in [6.45, 7) is 2.30. The Morgan fingerprint density at radius 1 is 1.17 bits per heavy atom. The van der Waals surface area contributed by atoms with Gasteiger partial charge in [-0.25, -0.2) is 9.97 Å². The molecule has 0 saturated carbocycles. The van der Waals surface area contributed by atoms with Crippen LogP contribution in [0.25, 0.3) is 28.1 Å². The van der Waals surface area contributed by atoms with Crippen molar-refractivity contribution in [3.8, 4) is 33.8 Å². The Morgan fingerprint density at radius 3 is 2.78 bits per heavy atom. The van der Waals surface area contributed by atoms with Gasteiger partial charge in [-0.1, -0.05) is 11.6 Å². The van der Waals surface area contributed by atoms with Gasteiger partial charge >= 0.3 is 0 Å². The Morgan fingerprint density at radius 2 is 2.03 bits per heavy atom. The lowest BCUT2D eigenvalue weighted by atomic mass is 10.0. The zero-order valence-corrected chi connectivity index (χ0v) is 19.6. The highest BCUT2D eigenvalue weighted by Gasteiger charge is 2.17. The normalized spacial score (nSPS) is 11.1. The molecule has 4 heterocycles. The molecule has 3 N–H and O–H groups in total. The van der Waals surface area contributed by atoms with Crippen LogP contribution in [0.3, 0.4) is 0 Å². The van der Waals surface area contributed by atoms with Crippen molar-refractivity contribution in [3.63, 3.8) is 0 Å². The highest BCUT2D eigenvalue weighted by Crippen LogP contribution is 2.35. The molecule has 0 amide bonds. The standard InChI is InChI=1S/C23H19ClFN9O2/c1-2-36-19-10-33(11-21-27-9-17(29-21)14-4-6-20(26)30-23(14)25)22(35)8-16(19)15-7-13(24)3-5-18(15)34-12-28-31-32-34/h3-10,12H,2,11H2,1H3,(H2,26,30)(H,27,29). The summed E-state index contributed by atoms with van der Waals surface area (Å²) in [5.74, 6) is 0.254. The first-order valence-corrected chi connectivity index (χ1v) is 11.2. The number of nitrogens with two attached hydrogens (primary N) is 1. The number of nitrogens with zero attached hydrogens (tertiary/aromatic N) is 7. The third-order valence-corrected chi connectivity index (χ3v) is 5.58. The number of nitrogen functional groups attached to an aromatic ring is 1. The minimum Gasteiger partial charge on any atom is -0.492 e. The molecule has 0 aliphatic heterocycles. The van der Waals surface area contributed by atoms with Gasteiger partial charge < -0.3 is 20.0 Å². The van der Waals surface area contributed by atoms with Gasteiger partial charge in [-0.2, -0.15) is 9.07 Å². The van der Waals surface area contributed by atoms with Gasteiger partial charge in [-0.15, -0.1) is 5.10 Å². The van der Waals surface area contributed by atoms with Crippen molar-refractivity contribution in [3.05, 3.63) is 82.3 Å². The van der Waals surface area contributed by atoms with Gasteiger partial charge in [0, 0.05) is 22.2 Å². The summed E-state index contributed by atoms with van der Waals surface area (Å²) in [6, 6.07) is 9.64. The van der Waals surface area contributed by atoms with Crippen LogP contribution in [0.2, 0.25) is 5.02 Å². The van der Waals surface area contributed by atoms with E-state index in [2.05, 4.69) is 30.5 Å². The molecule has 0 spiro atoms. The van der Waals surface area contributed by atoms with Gasteiger partial charge in [0.15, 0.2) is 0 Å². The summed E-state index contributed by atoms with van der Waals surface area (Å²) < 4.78 is 23.0. The lowest BCUT2D eigenvalue weighted by Gasteiger charge is -2.16. The largest absolute Gasteiger partial charge is 0.492 e. The number of H-pyrrole nitrogens is 1. The molecule has 36 heavy (non-hydrogen) atoms. The maximum absolute atomic E-state index is 14.2. The Balaban J connectivity index is 1.53. The molecule has 0 saturated heterocycles. The predicted molar refractivity (Wildman–Crippen MR) is 130 cm³/mol. The van der Waals surface area contributed by atoms with Crippen LogP contribution >= 0.6 is 11.6 Å². The van der Waals surface area contributed by atoms with E-state index in [0.29, 0.717) is 45.7 Å². The smallest absolute Gasteiger partial charge is 0.251 e. The summed E-state index contributed by atoms with van der Waals surface area (Å²) in [5.41, 5.74) is 7.61. The second-order valence-corrected chi connectivity index (χ2v) is 8.12. The molecule has 0 bridgehead atoms. The lowest BCUT2D eigenvalue weighted by Crippen LogP contribution is -2.21. The van der Waals surface area contributed by atoms with Crippen LogP contribution in [-0.4, -0.2) is 46.3 Å². The average molecular weight is 508 g/mol. The number of tetrazole rings is 1. The van der Waals surface area contributed by atoms with Crippen LogP contribution in [-0.2, 0) is 6.54 Å². The van der Waals surface area contributed by atoms with Crippen molar-refractivity contribution in [2.45, 2.75) is 13.5 Å².